The fourth-order valence-corrected chi connectivity index (χ4v) is 3.42. The molecule has 1 N–H and O–H groups in total. The Labute approximate surface area is 138 Å². The molecule has 2 aromatic rings. The predicted molar refractivity (Wildman–Crippen MR) is 95.2 cm³/mol. The quantitative estimate of drug-likeness (QED) is 0.603. The average molecular weight is 392 g/mol. The summed E-state index contributed by atoms with van der Waals surface area (Å²) in [6, 6.07) is 8.22. The number of nitrogens with zero attached hydrogens (tertiary/aromatic N) is 1. The third-order valence-corrected chi connectivity index (χ3v) is 4.58. The Hall–Kier alpha value is -1.56. The predicted octanol–water partition coefficient (Wildman–Crippen LogP) is 4.22. The summed E-state index contributed by atoms with van der Waals surface area (Å²) in [4.78, 5) is 12.3. The molecule has 3 rings (SSSR count). The molecular formula is C17H17IN2O. The Morgan fingerprint density at radius 3 is 2.76 bits per heavy atom. The number of amides is 1. The molecule has 3 nitrogen and oxygen atoms in total. The van der Waals surface area contributed by atoms with E-state index < -0.39 is 0 Å². The third kappa shape index (κ3) is 2.41. The number of halogens is 1. The molecule has 1 aliphatic rings. The number of anilines is 1. The first kappa shape index (κ1) is 14.4. The molecule has 21 heavy (non-hydrogen) atoms. The van der Waals surface area contributed by atoms with Crippen molar-refractivity contribution in [3.05, 3.63) is 50.4 Å². The van der Waals surface area contributed by atoms with Crippen LogP contribution in [0.2, 0.25) is 0 Å². The second kappa shape index (κ2) is 5.33. The van der Waals surface area contributed by atoms with Crippen molar-refractivity contribution in [2.45, 2.75) is 27.3 Å². The van der Waals surface area contributed by atoms with E-state index in [0.717, 1.165) is 32.6 Å². The lowest BCUT2D eigenvalue weighted by Crippen LogP contribution is -2.05. The highest BCUT2D eigenvalue weighted by Gasteiger charge is 2.24. The number of carbonyl (C=O) groups is 1. The molecular weight excluding hydrogens is 375 g/mol. The van der Waals surface area contributed by atoms with Crippen LogP contribution in [-0.4, -0.2) is 10.5 Å². The van der Waals surface area contributed by atoms with Crippen LogP contribution in [0.25, 0.3) is 11.6 Å². The van der Waals surface area contributed by atoms with Gasteiger partial charge in [-0.15, -0.1) is 0 Å². The van der Waals surface area contributed by atoms with E-state index in [1.807, 2.05) is 24.3 Å². The summed E-state index contributed by atoms with van der Waals surface area (Å²) in [6.45, 7) is 7.22. The monoisotopic (exact) mass is 392 g/mol. The summed E-state index contributed by atoms with van der Waals surface area (Å²) in [6.07, 6.45) is 2.01. The van der Waals surface area contributed by atoms with Crippen molar-refractivity contribution in [1.29, 1.82) is 0 Å². The summed E-state index contributed by atoms with van der Waals surface area (Å²) in [5.74, 6) is -0.0205. The molecule has 0 saturated carbocycles. The van der Waals surface area contributed by atoms with Crippen LogP contribution in [0.3, 0.4) is 0 Å². The smallest absolute Gasteiger partial charge is 0.256 e. The normalized spacial score (nSPS) is 15.4. The van der Waals surface area contributed by atoms with Gasteiger partial charge in [0.25, 0.3) is 5.91 Å². The summed E-state index contributed by atoms with van der Waals surface area (Å²) in [7, 11) is 0. The summed E-state index contributed by atoms with van der Waals surface area (Å²) >= 11 is 2.26. The van der Waals surface area contributed by atoms with Crippen molar-refractivity contribution in [3.63, 3.8) is 0 Å². The molecule has 1 aromatic carbocycles. The minimum atomic E-state index is -0.0205. The first-order valence-corrected chi connectivity index (χ1v) is 8.09. The van der Waals surface area contributed by atoms with Crippen LogP contribution < -0.4 is 5.32 Å². The van der Waals surface area contributed by atoms with Crippen LogP contribution >= 0.6 is 22.6 Å². The Balaban J connectivity index is 2.16. The molecule has 0 aliphatic carbocycles. The fraction of sp³-hybridized carbons (Fsp3) is 0.235. The van der Waals surface area contributed by atoms with E-state index in [1.54, 1.807) is 0 Å². The van der Waals surface area contributed by atoms with E-state index in [-0.39, 0.29) is 5.91 Å². The van der Waals surface area contributed by atoms with Gasteiger partial charge in [0.05, 0.1) is 11.3 Å². The van der Waals surface area contributed by atoms with Gasteiger partial charge >= 0.3 is 0 Å². The molecule has 4 heteroatoms. The second-order valence-electron chi connectivity index (χ2n) is 5.30. The number of carbonyl (C=O) groups excluding carboxylic acids is 1. The molecule has 0 bridgehead atoms. The molecule has 1 amide bonds. The van der Waals surface area contributed by atoms with Crippen LogP contribution in [-0.2, 0) is 11.3 Å². The zero-order chi connectivity index (χ0) is 15.1. The van der Waals surface area contributed by atoms with Crippen molar-refractivity contribution in [2.75, 3.05) is 5.32 Å². The highest BCUT2D eigenvalue weighted by molar-refractivity contribution is 14.1. The number of rotatable bonds is 2. The Morgan fingerprint density at radius 2 is 2.05 bits per heavy atom. The van der Waals surface area contributed by atoms with Crippen molar-refractivity contribution < 1.29 is 4.79 Å². The number of nitrogens with one attached hydrogen (secondary N) is 1. The molecule has 1 aromatic heterocycles. The van der Waals surface area contributed by atoms with Gasteiger partial charge in [-0.25, -0.2) is 0 Å². The molecule has 1 aliphatic heterocycles. The lowest BCUT2D eigenvalue weighted by Gasteiger charge is -2.07. The number of aryl methyl sites for hydroxylation is 2. The van der Waals surface area contributed by atoms with Crippen molar-refractivity contribution in [1.82, 2.24) is 4.57 Å². The van der Waals surface area contributed by atoms with Gasteiger partial charge in [-0.1, -0.05) is 6.07 Å². The Morgan fingerprint density at radius 1 is 1.29 bits per heavy atom. The minimum Gasteiger partial charge on any atom is -0.345 e. The Bertz CT molecular complexity index is 771. The van der Waals surface area contributed by atoms with Gasteiger partial charge < -0.3 is 9.88 Å². The van der Waals surface area contributed by atoms with Gasteiger partial charge in [0.1, 0.15) is 0 Å². The SMILES string of the molecule is CCn1c(C)cc(C)c1/C=C1\C(=O)Nc2cc(I)ccc21. The van der Waals surface area contributed by atoms with Gasteiger partial charge in [-0.3, -0.25) is 4.79 Å². The summed E-state index contributed by atoms with van der Waals surface area (Å²) < 4.78 is 3.36. The first-order valence-electron chi connectivity index (χ1n) is 7.01. The lowest BCUT2D eigenvalue weighted by molar-refractivity contribution is -0.110. The van der Waals surface area contributed by atoms with Crippen LogP contribution in [0, 0.1) is 17.4 Å². The maximum absolute atomic E-state index is 12.3. The van der Waals surface area contributed by atoms with E-state index in [1.165, 1.54) is 11.3 Å². The van der Waals surface area contributed by atoms with E-state index >= 15 is 0 Å². The number of hydrogen-bond donors (Lipinski definition) is 1. The maximum Gasteiger partial charge on any atom is 0.256 e. The van der Waals surface area contributed by atoms with Crippen LogP contribution in [0.5, 0.6) is 0 Å². The summed E-state index contributed by atoms with van der Waals surface area (Å²) in [5.41, 5.74) is 6.18. The topological polar surface area (TPSA) is 34.0 Å². The van der Waals surface area contributed by atoms with Gasteiger partial charge in [0.2, 0.25) is 0 Å². The van der Waals surface area contributed by atoms with Gasteiger partial charge in [-0.05, 0) is 73.2 Å². The molecule has 2 heterocycles. The summed E-state index contributed by atoms with van der Waals surface area (Å²) in [5, 5.41) is 2.95. The van der Waals surface area contributed by atoms with E-state index in [2.05, 4.69) is 59.3 Å². The van der Waals surface area contributed by atoms with Gasteiger partial charge in [0.15, 0.2) is 0 Å². The molecule has 0 atom stereocenters. The molecule has 0 fully saturated rings. The van der Waals surface area contributed by atoms with Crippen molar-refractivity contribution >= 4 is 45.8 Å². The van der Waals surface area contributed by atoms with Gasteiger partial charge in [0, 0.05) is 27.1 Å². The molecule has 0 spiro atoms. The van der Waals surface area contributed by atoms with E-state index in [4.69, 9.17) is 0 Å². The molecule has 0 saturated heterocycles. The lowest BCUT2D eigenvalue weighted by atomic mass is 10.1. The number of benzene rings is 1. The number of aromatic nitrogens is 1. The minimum absolute atomic E-state index is 0.0205. The van der Waals surface area contributed by atoms with Crippen molar-refractivity contribution in [2.24, 2.45) is 0 Å². The van der Waals surface area contributed by atoms with Crippen LogP contribution in [0.1, 0.15) is 29.4 Å². The zero-order valence-electron chi connectivity index (χ0n) is 12.3. The van der Waals surface area contributed by atoms with Crippen LogP contribution in [0.4, 0.5) is 5.69 Å². The molecule has 108 valence electrons. The Kier molecular flexibility index (Phi) is 3.65. The standard InChI is InChI=1S/C17H17IN2O/c1-4-20-11(3)7-10(2)16(20)9-14-13-6-5-12(18)8-15(13)19-17(14)21/h5-9H,4H2,1-3H3,(H,19,21)/b14-9-. The molecule has 0 unspecified atom stereocenters. The fourth-order valence-electron chi connectivity index (χ4n) is 2.93. The van der Waals surface area contributed by atoms with Crippen molar-refractivity contribution in [3.8, 4) is 0 Å². The second-order valence-corrected chi connectivity index (χ2v) is 6.55. The zero-order valence-corrected chi connectivity index (χ0v) is 14.5. The highest BCUT2D eigenvalue weighted by Crippen LogP contribution is 2.34. The third-order valence-electron chi connectivity index (χ3n) is 3.91. The molecule has 0 radical (unpaired) electrons. The first-order chi connectivity index (χ1) is 10.0. The van der Waals surface area contributed by atoms with E-state index in [0.29, 0.717) is 0 Å². The maximum atomic E-state index is 12.3. The highest BCUT2D eigenvalue weighted by atomic mass is 127. The van der Waals surface area contributed by atoms with E-state index in [9.17, 15) is 4.79 Å². The number of hydrogen-bond acceptors (Lipinski definition) is 1. The largest absolute Gasteiger partial charge is 0.345 e. The number of fused-ring (bicyclic) bond motifs is 1. The van der Waals surface area contributed by atoms with Crippen LogP contribution in [0.15, 0.2) is 24.3 Å². The van der Waals surface area contributed by atoms with Gasteiger partial charge in [-0.2, -0.15) is 0 Å². The average Bonchev–Trinajstić information content (AvgIpc) is 2.87.